The summed E-state index contributed by atoms with van der Waals surface area (Å²) < 4.78 is 3.74. The first-order valence-electron chi connectivity index (χ1n) is 7.03. The highest BCUT2D eigenvalue weighted by atomic mass is 28.3. The summed E-state index contributed by atoms with van der Waals surface area (Å²) >= 11 is 0. The van der Waals surface area contributed by atoms with E-state index in [1.165, 1.54) is 0 Å². The molecular formula is C15H24N2O2Si. The van der Waals surface area contributed by atoms with Crippen molar-refractivity contribution in [1.82, 2.24) is 9.13 Å². The summed E-state index contributed by atoms with van der Waals surface area (Å²) in [6.07, 6.45) is 0. The fourth-order valence-electron chi connectivity index (χ4n) is 2.52. The zero-order chi connectivity index (χ0) is 15.3. The van der Waals surface area contributed by atoms with Crippen molar-refractivity contribution in [2.45, 2.75) is 34.6 Å². The van der Waals surface area contributed by atoms with Crippen LogP contribution in [0.3, 0.4) is 0 Å². The largest absolute Gasteiger partial charge is 0.351 e. The Morgan fingerprint density at radius 3 is 1.80 bits per heavy atom. The lowest BCUT2D eigenvalue weighted by Crippen LogP contribution is -2.63. The summed E-state index contributed by atoms with van der Waals surface area (Å²) in [5.74, 6) is 0.0687. The van der Waals surface area contributed by atoms with Crippen molar-refractivity contribution in [1.29, 1.82) is 0 Å². The zero-order valence-corrected chi connectivity index (χ0v) is 14.2. The summed E-state index contributed by atoms with van der Waals surface area (Å²) in [6, 6.07) is 8.05. The van der Waals surface area contributed by atoms with E-state index in [0.717, 1.165) is 10.8 Å². The van der Waals surface area contributed by atoms with Crippen LogP contribution in [0.25, 0.3) is 0 Å². The standard InChI is InChI=1S/C15H24N2O2Si/c1-6-16(13(4)18)20(17(7-2)14(5)19)15-11-9-8-10-12(15)3/h8-11,20H,6-7H2,1-5H3. The second-order valence-corrected chi connectivity index (χ2v) is 7.46. The van der Waals surface area contributed by atoms with Crippen molar-refractivity contribution in [3.63, 3.8) is 0 Å². The maximum absolute atomic E-state index is 12.0. The topological polar surface area (TPSA) is 40.6 Å². The van der Waals surface area contributed by atoms with Crippen LogP contribution in [-0.2, 0) is 9.59 Å². The summed E-state index contributed by atoms with van der Waals surface area (Å²) in [5.41, 5.74) is 1.14. The Bertz CT molecular complexity index is 469. The predicted octanol–water partition coefficient (Wildman–Crippen LogP) is 1.16. The van der Waals surface area contributed by atoms with Gasteiger partial charge in [0.15, 0.2) is 0 Å². The Morgan fingerprint density at radius 2 is 1.45 bits per heavy atom. The Morgan fingerprint density at radius 1 is 1.00 bits per heavy atom. The molecule has 0 fully saturated rings. The van der Waals surface area contributed by atoms with Gasteiger partial charge in [-0.25, -0.2) is 0 Å². The molecule has 1 aromatic carbocycles. The van der Waals surface area contributed by atoms with Gasteiger partial charge in [0.2, 0.25) is 11.8 Å². The molecule has 20 heavy (non-hydrogen) atoms. The van der Waals surface area contributed by atoms with E-state index in [9.17, 15) is 9.59 Å². The van der Waals surface area contributed by atoms with E-state index in [1.807, 2.05) is 54.2 Å². The van der Waals surface area contributed by atoms with E-state index in [2.05, 4.69) is 0 Å². The van der Waals surface area contributed by atoms with Crippen molar-refractivity contribution >= 4 is 26.1 Å². The summed E-state index contributed by atoms with van der Waals surface area (Å²) in [4.78, 5) is 23.9. The lowest BCUT2D eigenvalue weighted by molar-refractivity contribution is -0.126. The van der Waals surface area contributed by atoms with Gasteiger partial charge in [-0.1, -0.05) is 24.3 Å². The molecule has 0 unspecified atom stereocenters. The maximum Gasteiger partial charge on any atom is 0.285 e. The number of rotatable bonds is 5. The van der Waals surface area contributed by atoms with Crippen LogP contribution in [0.2, 0.25) is 0 Å². The summed E-state index contributed by atoms with van der Waals surface area (Å²) in [5, 5.41) is 1.14. The van der Waals surface area contributed by atoms with E-state index < -0.39 is 9.12 Å². The molecule has 0 aromatic heterocycles. The molecule has 5 heteroatoms. The van der Waals surface area contributed by atoms with Crippen LogP contribution in [0.5, 0.6) is 0 Å². The van der Waals surface area contributed by atoms with Gasteiger partial charge in [0.1, 0.15) is 0 Å². The third-order valence-corrected chi connectivity index (χ3v) is 7.39. The van der Waals surface area contributed by atoms with Gasteiger partial charge >= 0.3 is 0 Å². The molecule has 0 heterocycles. The number of benzene rings is 1. The molecular weight excluding hydrogens is 268 g/mol. The fraction of sp³-hybridized carbons (Fsp3) is 0.467. The van der Waals surface area contributed by atoms with E-state index in [1.54, 1.807) is 13.8 Å². The van der Waals surface area contributed by atoms with Crippen molar-refractivity contribution in [3.8, 4) is 0 Å². The molecule has 0 aliphatic carbocycles. The third-order valence-electron chi connectivity index (χ3n) is 3.55. The lowest BCUT2D eigenvalue weighted by Gasteiger charge is -2.37. The highest BCUT2D eigenvalue weighted by Crippen LogP contribution is 2.07. The molecule has 110 valence electrons. The van der Waals surface area contributed by atoms with Gasteiger partial charge in [-0.15, -0.1) is 0 Å². The van der Waals surface area contributed by atoms with Crippen LogP contribution in [-0.4, -0.2) is 43.2 Å². The number of carbonyl (C=O) groups excluding carboxylic acids is 2. The second kappa shape index (κ2) is 7.24. The molecule has 0 spiro atoms. The molecule has 0 N–H and O–H groups in total. The van der Waals surface area contributed by atoms with E-state index in [-0.39, 0.29) is 11.8 Å². The Labute approximate surface area is 123 Å². The SMILES string of the molecule is CCN(C(C)=O)[SiH](c1ccccc1C)N(CC)C(C)=O. The van der Waals surface area contributed by atoms with Crippen LogP contribution in [0.15, 0.2) is 24.3 Å². The van der Waals surface area contributed by atoms with Crippen molar-refractivity contribution < 1.29 is 9.59 Å². The van der Waals surface area contributed by atoms with Gasteiger partial charge in [-0.3, -0.25) is 9.59 Å². The average Bonchev–Trinajstić information content (AvgIpc) is 2.38. The monoisotopic (exact) mass is 292 g/mol. The fourth-order valence-corrected chi connectivity index (χ4v) is 5.69. The zero-order valence-electron chi connectivity index (χ0n) is 13.0. The number of hydrogen-bond donors (Lipinski definition) is 0. The van der Waals surface area contributed by atoms with Crippen LogP contribution < -0.4 is 5.19 Å². The summed E-state index contributed by atoms with van der Waals surface area (Å²) in [6.45, 7) is 10.4. The highest BCUT2D eigenvalue weighted by molar-refractivity contribution is 6.72. The summed E-state index contributed by atoms with van der Waals surface area (Å²) in [7, 11) is -2.01. The minimum atomic E-state index is -2.01. The van der Waals surface area contributed by atoms with Gasteiger partial charge in [0.25, 0.3) is 9.12 Å². The first-order valence-corrected chi connectivity index (χ1v) is 8.64. The van der Waals surface area contributed by atoms with Crippen LogP contribution in [0.4, 0.5) is 0 Å². The lowest BCUT2D eigenvalue weighted by atomic mass is 10.2. The second-order valence-electron chi connectivity index (χ2n) is 4.84. The molecule has 0 bridgehead atoms. The molecule has 0 saturated heterocycles. The van der Waals surface area contributed by atoms with Gasteiger partial charge in [0.05, 0.1) is 0 Å². The molecule has 0 aliphatic heterocycles. The minimum Gasteiger partial charge on any atom is -0.351 e. The first kappa shape index (κ1) is 16.4. The molecule has 0 saturated carbocycles. The molecule has 0 aliphatic rings. The normalized spacial score (nSPS) is 10.5. The van der Waals surface area contributed by atoms with E-state index >= 15 is 0 Å². The minimum absolute atomic E-state index is 0.0344. The molecule has 4 nitrogen and oxygen atoms in total. The van der Waals surface area contributed by atoms with Gasteiger partial charge in [-0.2, -0.15) is 0 Å². The van der Waals surface area contributed by atoms with Crippen LogP contribution in [0.1, 0.15) is 33.3 Å². The van der Waals surface area contributed by atoms with Gasteiger partial charge < -0.3 is 9.13 Å². The van der Waals surface area contributed by atoms with Gasteiger partial charge in [-0.05, 0) is 31.5 Å². The Balaban J connectivity index is 3.37. The number of amides is 2. The number of aryl methyl sites for hydroxylation is 1. The predicted molar refractivity (Wildman–Crippen MR) is 84.1 cm³/mol. The third kappa shape index (κ3) is 3.48. The molecule has 1 aromatic rings. The molecule has 1 rings (SSSR count). The maximum atomic E-state index is 12.0. The Hall–Kier alpha value is -1.62. The quantitative estimate of drug-likeness (QED) is 0.764. The van der Waals surface area contributed by atoms with Crippen molar-refractivity contribution in [2.24, 2.45) is 0 Å². The highest BCUT2D eigenvalue weighted by Gasteiger charge is 2.32. The first-order chi connectivity index (χ1) is 9.43. The van der Waals surface area contributed by atoms with Gasteiger partial charge in [0, 0.05) is 26.9 Å². The van der Waals surface area contributed by atoms with Crippen molar-refractivity contribution in [2.75, 3.05) is 13.1 Å². The van der Waals surface area contributed by atoms with E-state index in [4.69, 9.17) is 0 Å². The van der Waals surface area contributed by atoms with E-state index in [0.29, 0.717) is 13.1 Å². The average molecular weight is 292 g/mol. The van der Waals surface area contributed by atoms with Crippen molar-refractivity contribution in [3.05, 3.63) is 29.8 Å². The Kier molecular flexibility index (Phi) is 5.95. The number of carbonyl (C=O) groups is 2. The number of hydrogen-bond acceptors (Lipinski definition) is 2. The number of nitrogens with zero attached hydrogens (tertiary/aromatic N) is 2. The molecule has 0 atom stereocenters. The molecule has 2 amide bonds. The molecule has 0 radical (unpaired) electrons. The van der Waals surface area contributed by atoms with Crippen LogP contribution in [0, 0.1) is 6.92 Å². The smallest absolute Gasteiger partial charge is 0.285 e. The van der Waals surface area contributed by atoms with Crippen LogP contribution >= 0.6 is 0 Å².